The van der Waals surface area contributed by atoms with Crippen LogP contribution in [0.4, 0.5) is 4.79 Å². The number of urea groups is 1. The molecule has 0 aromatic heterocycles. The number of amides is 4. The molecule has 1 aliphatic rings. The van der Waals surface area contributed by atoms with Crippen molar-refractivity contribution < 1.29 is 14.4 Å². The maximum Gasteiger partial charge on any atom is 0.328 e. The van der Waals surface area contributed by atoms with Crippen LogP contribution in [0, 0.1) is 5.41 Å². The molecule has 1 rings (SSSR count). The van der Waals surface area contributed by atoms with Crippen molar-refractivity contribution in [3.63, 3.8) is 0 Å². The fourth-order valence-corrected chi connectivity index (χ4v) is 1.00. The molecule has 0 spiro atoms. The van der Waals surface area contributed by atoms with Crippen molar-refractivity contribution in [3.8, 4) is 0 Å². The Bertz CT molecular complexity index is 289. The second-order valence-electron chi connectivity index (χ2n) is 2.51. The molecule has 5 nitrogen and oxygen atoms in total. The van der Waals surface area contributed by atoms with Gasteiger partial charge >= 0.3 is 6.03 Å². The number of rotatable bonds is 2. The minimum atomic E-state index is -1.53. The molecule has 5 heteroatoms. The van der Waals surface area contributed by atoms with Gasteiger partial charge in [0.25, 0.3) is 11.8 Å². The number of carbonyl (C=O) groups excluding carboxylic acids is 3. The number of carbonyl (C=O) groups is 3. The summed E-state index contributed by atoms with van der Waals surface area (Å²) < 4.78 is 0. The van der Waals surface area contributed by atoms with Crippen molar-refractivity contribution in [2.24, 2.45) is 5.41 Å². The first-order valence-corrected chi connectivity index (χ1v) is 3.51. The highest BCUT2D eigenvalue weighted by atomic mass is 16.2. The summed E-state index contributed by atoms with van der Waals surface area (Å²) in [7, 11) is 0. The highest BCUT2D eigenvalue weighted by molar-refractivity contribution is 6.21. The molecule has 1 fully saturated rings. The van der Waals surface area contributed by atoms with Gasteiger partial charge in [-0.15, -0.1) is 13.2 Å². The van der Waals surface area contributed by atoms with Gasteiger partial charge in [0.05, 0.1) is 0 Å². The van der Waals surface area contributed by atoms with Crippen LogP contribution in [0.2, 0.25) is 0 Å². The zero-order valence-corrected chi connectivity index (χ0v) is 6.79. The molecule has 0 aromatic rings. The van der Waals surface area contributed by atoms with E-state index in [1.807, 2.05) is 10.6 Å². The fraction of sp³-hybridized carbons (Fsp3) is 0.125. The molecular weight excluding hydrogens is 172 g/mol. The van der Waals surface area contributed by atoms with E-state index in [1.54, 1.807) is 0 Å². The molecule has 0 aromatic carbocycles. The second-order valence-corrected chi connectivity index (χ2v) is 2.51. The van der Waals surface area contributed by atoms with Gasteiger partial charge in [-0.25, -0.2) is 4.79 Å². The molecule has 13 heavy (non-hydrogen) atoms. The standard InChI is InChI=1S/C8H8N2O3/c1-3-8(4-2)5(11)9-7(13)10-6(8)12/h3-4H,1-2H2,(H2,9,10,11,12,13). The highest BCUT2D eigenvalue weighted by Gasteiger charge is 2.45. The Morgan fingerprint density at radius 2 is 1.38 bits per heavy atom. The van der Waals surface area contributed by atoms with E-state index in [0.717, 1.165) is 12.2 Å². The van der Waals surface area contributed by atoms with E-state index in [-0.39, 0.29) is 0 Å². The number of imide groups is 2. The zero-order valence-electron chi connectivity index (χ0n) is 6.79. The van der Waals surface area contributed by atoms with Crippen LogP contribution in [-0.2, 0) is 9.59 Å². The van der Waals surface area contributed by atoms with Crippen LogP contribution >= 0.6 is 0 Å². The number of nitrogens with one attached hydrogen (secondary N) is 2. The van der Waals surface area contributed by atoms with Crippen molar-refractivity contribution in [1.29, 1.82) is 0 Å². The quantitative estimate of drug-likeness (QED) is 0.453. The van der Waals surface area contributed by atoms with Gasteiger partial charge in [-0.1, -0.05) is 12.2 Å². The van der Waals surface area contributed by atoms with Gasteiger partial charge in [0.15, 0.2) is 5.41 Å². The molecule has 1 heterocycles. The summed E-state index contributed by atoms with van der Waals surface area (Å²) in [6.07, 6.45) is 2.27. The van der Waals surface area contributed by atoms with Crippen molar-refractivity contribution >= 4 is 17.8 Å². The average Bonchev–Trinajstić information content (AvgIpc) is 2.05. The first-order chi connectivity index (χ1) is 6.06. The maximum atomic E-state index is 11.3. The molecule has 0 atom stereocenters. The first-order valence-electron chi connectivity index (χ1n) is 3.51. The third-order valence-corrected chi connectivity index (χ3v) is 1.85. The number of hydrogen-bond acceptors (Lipinski definition) is 3. The van der Waals surface area contributed by atoms with Crippen molar-refractivity contribution in [2.75, 3.05) is 0 Å². The van der Waals surface area contributed by atoms with Crippen LogP contribution in [0.3, 0.4) is 0 Å². The van der Waals surface area contributed by atoms with Crippen LogP contribution < -0.4 is 10.6 Å². The predicted molar refractivity (Wildman–Crippen MR) is 44.5 cm³/mol. The third kappa shape index (κ3) is 1.14. The van der Waals surface area contributed by atoms with Crippen molar-refractivity contribution in [3.05, 3.63) is 25.3 Å². The summed E-state index contributed by atoms with van der Waals surface area (Å²) in [6.45, 7) is 6.70. The Labute approximate surface area is 74.5 Å². The van der Waals surface area contributed by atoms with Crippen LogP contribution in [0.1, 0.15) is 0 Å². The Morgan fingerprint density at radius 3 is 1.69 bits per heavy atom. The summed E-state index contributed by atoms with van der Waals surface area (Å²) in [5, 5.41) is 3.90. The topological polar surface area (TPSA) is 75.3 Å². The number of barbiturate groups is 1. The minimum absolute atomic E-state index is 0.730. The molecule has 0 aliphatic carbocycles. The largest absolute Gasteiger partial charge is 0.328 e. The molecule has 0 bridgehead atoms. The van der Waals surface area contributed by atoms with E-state index in [0.29, 0.717) is 0 Å². The van der Waals surface area contributed by atoms with Crippen LogP contribution in [-0.4, -0.2) is 17.8 Å². The van der Waals surface area contributed by atoms with E-state index < -0.39 is 23.3 Å². The average molecular weight is 180 g/mol. The van der Waals surface area contributed by atoms with Crippen LogP contribution in [0.15, 0.2) is 25.3 Å². The van der Waals surface area contributed by atoms with E-state index in [9.17, 15) is 14.4 Å². The lowest BCUT2D eigenvalue weighted by Gasteiger charge is -2.27. The fourth-order valence-electron chi connectivity index (χ4n) is 1.00. The van der Waals surface area contributed by atoms with Gasteiger partial charge in [-0.05, 0) is 0 Å². The molecular formula is C8H8N2O3. The van der Waals surface area contributed by atoms with Crippen LogP contribution in [0.25, 0.3) is 0 Å². The van der Waals surface area contributed by atoms with E-state index >= 15 is 0 Å². The number of hydrogen-bond donors (Lipinski definition) is 2. The predicted octanol–water partition coefficient (Wildman–Crippen LogP) is -0.289. The third-order valence-electron chi connectivity index (χ3n) is 1.85. The van der Waals surface area contributed by atoms with E-state index in [4.69, 9.17) is 0 Å². The van der Waals surface area contributed by atoms with E-state index in [2.05, 4.69) is 13.2 Å². The Balaban J connectivity index is 3.15. The Morgan fingerprint density at radius 1 is 1.00 bits per heavy atom. The molecule has 0 saturated carbocycles. The molecule has 0 radical (unpaired) electrons. The lowest BCUT2D eigenvalue weighted by molar-refractivity contribution is -0.138. The first kappa shape index (κ1) is 9.18. The summed E-state index contributed by atoms with van der Waals surface area (Å²) in [5.74, 6) is -1.46. The summed E-state index contributed by atoms with van der Waals surface area (Å²) in [4.78, 5) is 33.2. The van der Waals surface area contributed by atoms with Gasteiger partial charge in [-0.3, -0.25) is 20.2 Å². The lowest BCUT2D eigenvalue weighted by atomic mass is 9.85. The summed E-state index contributed by atoms with van der Waals surface area (Å²) in [5.41, 5.74) is -1.53. The van der Waals surface area contributed by atoms with Gasteiger partial charge in [0, 0.05) is 0 Å². The van der Waals surface area contributed by atoms with Gasteiger partial charge in [0.2, 0.25) is 0 Å². The highest BCUT2D eigenvalue weighted by Crippen LogP contribution is 2.22. The lowest BCUT2D eigenvalue weighted by Crippen LogP contribution is -2.60. The summed E-state index contributed by atoms with van der Waals surface area (Å²) >= 11 is 0. The smallest absolute Gasteiger partial charge is 0.276 e. The molecule has 0 unspecified atom stereocenters. The molecule has 68 valence electrons. The van der Waals surface area contributed by atoms with Gasteiger partial charge in [-0.2, -0.15) is 0 Å². The molecule has 1 aliphatic heterocycles. The second kappa shape index (κ2) is 2.85. The van der Waals surface area contributed by atoms with Crippen molar-refractivity contribution in [1.82, 2.24) is 10.6 Å². The monoisotopic (exact) mass is 180 g/mol. The van der Waals surface area contributed by atoms with Gasteiger partial charge in [0.1, 0.15) is 0 Å². The molecule has 2 N–H and O–H groups in total. The normalized spacial score (nSPS) is 20.2. The SMILES string of the molecule is C=CC1(C=C)C(=O)NC(=O)NC1=O. The Hall–Kier alpha value is -1.91. The molecule has 1 saturated heterocycles. The van der Waals surface area contributed by atoms with Crippen LogP contribution in [0.5, 0.6) is 0 Å². The Kier molecular flexibility index (Phi) is 2.02. The zero-order chi connectivity index (χ0) is 10.1. The summed E-state index contributed by atoms with van der Waals surface area (Å²) in [6, 6.07) is -0.825. The van der Waals surface area contributed by atoms with Gasteiger partial charge < -0.3 is 0 Å². The van der Waals surface area contributed by atoms with E-state index in [1.165, 1.54) is 0 Å². The van der Waals surface area contributed by atoms with Crippen molar-refractivity contribution in [2.45, 2.75) is 0 Å². The maximum absolute atomic E-state index is 11.3. The molecule has 4 amide bonds. The minimum Gasteiger partial charge on any atom is -0.276 e.